The Morgan fingerprint density at radius 2 is 1.87 bits per heavy atom. The predicted octanol–water partition coefficient (Wildman–Crippen LogP) is 3.61. The minimum atomic E-state index is 0.539. The molecular weight excluding hydrogens is 184 g/mol. The standard InChI is InChI=1S/C13H18N2/c1-7(2)13-9(4)12-10(5)14-8(3)6-11(12)15-13/h6-7,15H,1-5H3. The molecule has 0 fully saturated rings. The third-order valence-corrected chi connectivity index (χ3v) is 2.95. The molecule has 0 aliphatic heterocycles. The summed E-state index contributed by atoms with van der Waals surface area (Å²) in [7, 11) is 0. The van der Waals surface area contributed by atoms with Crippen molar-refractivity contribution in [3.05, 3.63) is 28.7 Å². The number of aryl methyl sites for hydroxylation is 3. The lowest BCUT2D eigenvalue weighted by atomic mass is 10.0. The molecule has 0 spiro atoms. The molecule has 0 amide bonds. The van der Waals surface area contributed by atoms with E-state index < -0.39 is 0 Å². The number of hydrogen-bond donors (Lipinski definition) is 1. The van der Waals surface area contributed by atoms with Crippen LogP contribution in [0.15, 0.2) is 6.07 Å². The highest BCUT2D eigenvalue weighted by Crippen LogP contribution is 2.28. The van der Waals surface area contributed by atoms with Gasteiger partial charge in [-0.25, -0.2) is 0 Å². The largest absolute Gasteiger partial charge is 0.358 e. The van der Waals surface area contributed by atoms with Gasteiger partial charge in [0.2, 0.25) is 0 Å². The molecule has 0 aromatic carbocycles. The molecule has 0 bridgehead atoms. The molecule has 2 aromatic rings. The number of aromatic nitrogens is 2. The summed E-state index contributed by atoms with van der Waals surface area (Å²) < 4.78 is 0. The van der Waals surface area contributed by atoms with Gasteiger partial charge in [-0.05, 0) is 38.3 Å². The van der Waals surface area contributed by atoms with Crippen molar-refractivity contribution in [2.45, 2.75) is 40.5 Å². The van der Waals surface area contributed by atoms with E-state index in [1.54, 1.807) is 0 Å². The van der Waals surface area contributed by atoms with Crippen LogP contribution in [-0.4, -0.2) is 9.97 Å². The van der Waals surface area contributed by atoms with Crippen LogP contribution in [0.3, 0.4) is 0 Å². The zero-order valence-corrected chi connectivity index (χ0v) is 10.1. The molecule has 0 saturated carbocycles. The minimum Gasteiger partial charge on any atom is -0.358 e. The van der Waals surface area contributed by atoms with Gasteiger partial charge in [0.05, 0.1) is 0 Å². The van der Waals surface area contributed by atoms with E-state index in [1.165, 1.54) is 22.2 Å². The van der Waals surface area contributed by atoms with Gasteiger partial charge in [-0.1, -0.05) is 13.8 Å². The van der Waals surface area contributed by atoms with Crippen LogP contribution in [0.5, 0.6) is 0 Å². The van der Waals surface area contributed by atoms with Crippen molar-refractivity contribution in [1.82, 2.24) is 9.97 Å². The van der Waals surface area contributed by atoms with E-state index in [9.17, 15) is 0 Å². The van der Waals surface area contributed by atoms with E-state index in [4.69, 9.17) is 0 Å². The molecule has 0 atom stereocenters. The molecule has 1 N–H and O–H groups in total. The SMILES string of the molecule is Cc1cc2[nH]c(C(C)C)c(C)c2c(C)n1. The van der Waals surface area contributed by atoms with Crippen LogP contribution in [0.25, 0.3) is 10.9 Å². The molecule has 0 radical (unpaired) electrons. The van der Waals surface area contributed by atoms with Gasteiger partial charge >= 0.3 is 0 Å². The maximum absolute atomic E-state index is 4.52. The van der Waals surface area contributed by atoms with E-state index in [1.807, 2.05) is 6.92 Å². The first-order valence-corrected chi connectivity index (χ1v) is 5.47. The normalized spacial score (nSPS) is 11.6. The minimum absolute atomic E-state index is 0.539. The number of hydrogen-bond acceptors (Lipinski definition) is 1. The highest BCUT2D eigenvalue weighted by molar-refractivity contribution is 5.86. The number of H-pyrrole nitrogens is 1. The second-order valence-electron chi connectivity index (χ2n) is 4.59. The van der Waals surface area contributed by atoms with Gasteiger partial charge in [0.25, 0.3) is 0 Å². The highest BCUT2D eigenvalue weighted by atomic mass is 14.8. The Kier molecular flexibility index (Phi) is 2.29. The average molecular weight is 202 g/mol. The summed E-state index contributed by atoms with van der Waals surface area (Å²) in [6.45, 7) is 10.7. The zero-order chi connectivity index (χ0) is 11.2. The van der Waals surface area contributed by atoms with Gasteiger partial charge in [-0.3, -0.25) is 4.98 Å². The second-order valence-corrected chi connectivity index (χ2v) is 4.59. The quantitative estimate of drug-likeness (QED) is 0.751. The van der Waals surface area contributed by atoms with E-state index in [0.29, 0.717) is 5.92 Å². The van der Waals surface area contributed by atoms with Gasteiger partial charge in [-0.15, -0.1) is 0 Å². The Morgan fingerprint density at radius 3 is 2.47 bits per heavy atom. The first kappa shape index (κ1) is 10.2. The Hall–Kier alpha value is -1.31. The van der Waals surface area contributed by atoms with Crippen LogP contribution in [-0.2, 0) is 0 Å². The van der Waals surface area contributed by atoms with Crippen LogP contribution < -0.4 is 0 Å². The summed E-state index contributed by atoms with van der Waals surface area (Å²) in [6, 6.07) is 2.13. The summed E-state index contributed by atoms with van der Waals surface area (Å²) in [5, 5.41) is 1.30. The summed E-state index contributed by atoms with van der Waals surface area (Å²) in [4.78, 5) is 8.02. The van der Waals surface area contributed by atoms with Crippen LogP contribution >= 0.6 is 0 Å². The van der Waals surface area contributed by atoms with E-state index >= 15 is 0 Å². The third-order valence-electron chi connectivity index (χ3n) is 2.95. The summed E-state index contributed by atoms with van der Waals surface area (Å²) in [6.07, 6.45) is 0. The smallest absolute Gasteiger partial charge is 0.0495 e. The van der Waals surface area contributed by atoms with E-state index in [-0.39, 0.29) is 0 Å². The van der Waals surface area contributed by atoms with Gasteiger partial charge in [-0.2, -0.15) is 0 Å². The summed E-state index contributed by atoms with van der Waals surface area (Å²) >= 11 is 0. The Bertz CT molecular complexity index is 507. The van der Waals surface area contributed by atoms with Crippen molar-refractivity contribution >= 4 is 10.9 Å². The van der Waals surface area contributed by atoms with Crippen molar-refractivity contribution < 1.29 is 0 Å². The fourth-order valence-electron chi connectivity index (χ4n) is 2.35. The van der Waals surface area contributed by atoms with Crippen molar-refractivity contribution in [3.63, 3.8) is 0 Å². The molecule has 2 heterocycles. The number of nitrogens with zero attached hydrogens (tertiary/aromatic N) is 1. The Morgan fingerprint density at radius 1 is 1.20 bits per heavy atom. The third kappa shape index (κ3) is 1.54. The average Bonchev–Trinajstić information content (AvgIpc) is 2.42. The van der Waals surface area contributed by atoms with Crippen LogP contribution in [0.1, 0.15) is 42.4 Å². The molecule has 2 aromatic heterocycles. The fourth-order valence-corrected chi connectivity index (χ4v) is 2.35. The predicted molar refractivity (Wildman–Crippen MR) is 64.4 cm³/mol. The monoisotopic (exact) mass is 202 g/mol. The zero-order valence-electron chi connectivity index (χ0n) is 10.1. The van der Waals surface area contributed by atoms with Gasteiger partial charge in [0.15, 0.2) is 0 Å². The maximum atomic E-state index is 4.52. The molecule has 2 nitrogen and oxygen atoms in total. The van der Waals surface area contributed by atoms with Crippen molar-refractivity contribution in [2.75, 3.05) is 0 Å². The molecule has 0 aliphatic carbocycles. The lowest BCUT2D eigenvalue weighted by Gasteiger charge is -2.02. The highest BCUT2D eigenvalue weighted by Gasteiger charge is 2.12. The molecule has 2 rings (SSSR count). The maximum Gasteiger partial charge on any atom is 0.0495 e. The molecule has 0 saturated heterocycles. The van der Waals surface area contributed by atoms with Gasteiger partial charge < -0.3 is 4.98 Å². The summed E-state index contributed by atoms with van der Waals surface area (Å²) in [5.41, 5.74) is 6.12. The van der Waals surface area contributed by atoms with Crippen LogP contribution in [0, 0.1) is 20.8 Å². The molecular formula is C13H18N2. The number of nitrogens with one attached hydrogen (secondary N) is 1. The number of rotatable bonds is 1. The van der Waals surface area contributed by atoms with Crippen molar-refractivity contribution in [3.8, 4) is 0 Å². The Balaban J connectivity index is 2.82. The molecule has 2 heteroatoms. The topological polar surface area (TPSA) is 28.7 Å². The van der Waals surface area contributed by atoms with Crippen LogP contribution in [0.2, 0.25) is 0 Å². The van der Waals surface area contributed by atoms with Gasteiger partial charge in [0.1, 0.15) is 0 Å². The second kappa shape index (κ2) is 3.37. The van der Waals surface area contributed by atoms with Crippen molar-refractivity contribution in [1.29, 1.82) is 0 Å². The van der Waals surface area contributed by atoms with Crippen LogP contribution in [0.4, 0.5) is 0 Å². The number of aromatic amines is 1. The first-order chi connectivity index (χ1) is 7.00. The number of fused-ring (bicyclic) bond motifs is 1. The Labute approximate surface area is 90.7 Å². The molecule has 0 aliphatic rings. The lowest BCUT2D eigenvalue weighted by Crippen LogP contribution is -1.89. The summed E-state index contributed by atoms with van der Waals surface area (Å²) in [5.74, 6) is 0.539. The molecule has 0 unspecified atom stereocenters. The first-order valence-electron chi connectivity index (χ1n) is 5.47. The lowest BCUT2D eigenvalue weighted by molar-refractivity contribution is 0.828. The number of pyridine rings is 1. The van der Waals surface area contributed by atoms with Crippen molar-refractivity contribution in [2.24, 2.45) is 0 Å². The van der Waals surface area contributed by atoms with E-state index in [2.05, 4.69) is 43.7 Å². The van der Waals surface area contributed by atoms with Gasteiger partial charge in [0, 0.05) is 28.0 Å². The fraction of sp³-hybridized carbons (Fsp3) is 0.462. The molecule has 15 heavy (non-hydrogen) atoms. The van der Waals surface area contributed by atoms with E-state index in [0.717, 1.165) is 11.4 Å². The molecule has 80 valence electrons.